The molecule has 0 aliphatic carbocycles. The number of aromatic nitrogens is 2. The van der Waals surface area contributed by atoms with E-state index in [0.29, 0.717) is 25.2 Å². The number of amides is 1. The van der Waals surface area contributed by atoms with Crippen LogP contribution in [0.2, 0.25) is 0 Å². The van der Waals surface area contributed by atoms with E-state index in [-0.39, 0.29) is 5.91 Å². The number of imidazole rings is 1. The molecule has 0 radical (unpaired) electrons. The molecule has 0 fully saturated rings. The van der Waals surface area contributed by atoms with Gasteiger partial charge in [-0.3, -0.25) is 4.79 Å². The van der Waals surface area contributed by atoms with E-state index in [1.165, 1.54) is 0 Å². The van der Waals surface area contributed by atoms with Crippen molar-refractivity contribution in [2.24, 2.45) is 5.73 Å². The Kier molecular flexibility index (Phi) is 4.93. The van der Waals surface area contributed by atoms with Crippen LogP contribution < -0.4 is 11.1 Å². The first-order chi connectivity index (χ1) is 9.79. The van der Waals surface area contributed by atoms with E-state index in [0.717, 1.165) is 5.56 Å². The van der Waals surface area contributed by atoms with Crippen LogP contribution >= 0.6 is 0 Å². The van der Waals surface area contributed by atoms with Gasteiger partial charge in [0, 0.05) is 36.6 Å². The van der Waals surface area contributed by atoms with Crippen molar-refractivity contribution < 1.29 is 4.79 Å². The van der Waals surface area contributed by atoms with E-state index in [2.05, 4.69) is 22.1 Å². The maximum absolute atomic E-state index is 11.9. The lowest BCUT2D eigenvalue weighted by Gasteiger charge is -2.05. The van der Waals surface area contributed by atoms with Gasteiger partial charge in [-0.2, -0.15) is 0 Å². The predicted molar refractivity (Wildman–Crippen MR) is 76.9 cm³/mol. The Labute approximate surface area is 117 Å². The number of nitrogens with one attached hydrogen (secondary N) is 1. The second-order valence-electron chi connectivity index (χ2n) is 4.14. The van der Waals surface area contributed by atoms with Gasteiger partial charge in [-0.25, -0.2) is 4.98 Å². The smallest absolute Gasteiger partial charge is 0.251 e. The van der Waals surface area contributed by atoms with Crippen molar-refractivity contribution in [1.82, 2.24) is 14.9 Å². The second-order valence-corrected chi connectivity index (χ2v) is 4.14. The van der Waals surface area contributed by atoms with Gasteiger partial charge >= 0.3 is 0 Å². The fourth-order valence-corrected chi connectivity index (χ4v) is 1.68. The molecule has 102 valence electrons. The fraction of sp³-hybridized carbons (Fsp3) is 0.200. The minimum Gasteiger partial charge on any atom is -0.350 e. The van der Waals surface area contributed by atoms with E-state index < -0.39 is 0 Å². The van der Waals surface area contributed by atoms with Crippen LogP contribution in [0.4, 0.5) is 0 Å². The number of nitrogens with two attached hydrogens (primary N) is 1. The van der Waals surface area contributed by atoms with E-state index in [4.69, 9.17) is 5.73 Å². The Hall–Kier alpha value is -2.58. The van der Waals surface area contributed by atoms with Gasteiger partial charge in [0.2, 0.25) is 0 Å². The van der Waals surface area contributed by atoms with Crippen LogP contribution in [-0.4, -0.2) is 28.5 Å². The standard InChI is InChI=1S/C15H16N4O/c16-7-1-2-13-3-5-14(6-4-13)15(20)18-9-11-19-10-8-17-12-19/h3-6,8,10,12H,7,9,11,16H2,(H,18,20). The second kappa shape index (κ2) is 7.12. The van der Waals surface area contributed by atoms with Gasteiger partial charge < -0.3 is 15.6 Å². The molecule has 3 N–H and O–H groups in total. The SMILES string of the molecule is NCC#Cc1ccc(C(=O)NCCn2ccnc2)cc1. The number of nitrogens with zero attached hydrogens (tertiary/aromatic N) is 2. The van der Waals surface area contributed by atoms with Crippen molar-refractivity contribution in [3.05, 3.63) is 54.1 Å². The Morgan fingerprint density at radius 3 is 2.80 bits per heavy atom. The van der Waals surface area contributed by atoms with Crippen LogP contribution in [0, 0.1) is 11.8 Å². The average Bonchev–Trinajstić information content (AvgIpc) is 2.99. The van der Waals surface area contributed by atoms with Gasteiger partial charge in [-0.05, 0) is 24.3 Å². The lowest BCUT2D eigenvalue weighted by atomic mass is 10.1. The zero-order valence-electron chi connectivity index (χ0n) is 11.0. The first-order valence-corrected chi connectivity index (χ1v) is 6.32. The Balaban J connectivity index is 1.85. The summed E-state index contributed by atoms with van der Waals surface area (Å²) < 4.78 is 1.91. The number of carbonyl (C=O) groups excluding carboxylic acids is 1. The monoisotopic (exact) mass is 268 g/mol. The molecule has 1 amide bonds. The summed E-state index contributed by atoms with van der Waals surface area (Å²) in [5.41, 5.74) is 6.78. The van der Waals surface area contributed by atoms with Crippen LogP contribution in [0.15, 0.2) is 43.0 Å². The largest absolute Gasteiger partial charge is 0.350 e. The molecule has 0 atom stereocenters. The van der Waals surface area contributed by atoms with Crippen LogP contribution in [0.25, 0.3) is 0 Å². The lowest BCUT2D eigenvalue weighted by Crippen LogP contribution is -2.26. The van der Waals surface area contributed by atoms with Crippen molar-refractivity contribution in [2.45, 2.75) is 6.54 Å². The van der Waals surface area contributed by atoms with E-state index in [1.54, 1.807) is 24.7 Å². The normalized spacial score (nSPS) is 9.65. The molecule has 2 rings (SSSR count). The minimum atomic E-state index is -0.0940. The summed E-state index contributed by atoms with van der Waals surface area (Å²) in [6.45, 7) is 1.59. The quantitative estimate of drug-likeness (QED) is 0.799. The zero-order chi connectivity index (χ0) is 14.2. The van der Waals surface area contributed by atoms with Crippen molar-refractivity contribution in [3.8, 4) is 11.8 Å². The maximum atomic E-state index is 11.9. The van der Waals surface area contributed by atoms with Crippen LogP contribution in [0.5, 0.6) is 0 Å². The van der Waals surface area contributed by atoms with Gasteiger partial charge in [-0.15, -0.1) is 0 Å². The number of hydrogen-bond donors (Lipinski definition) is 2. The highest BCUT2D eigenvalue weighted by molar-refractivity contribution is 5.94. The molecule has 5 heteroatoms. The van der Waals surface area contributed by atoms with Gasteiger partial charge in [-0.1, -0.05) is 11.8 Å². The average molecular weight is 268 g/mol. The Bertz CT molecular complexity index is 606. The number of carbonyl (C=O) groups is 1. The van der Waals surface area contributed by atoms with Gasteiger partial charge in [0.15, 0.2) is 0 Å². The third-order valence-electron chi connectivity index (χ3n) is 2.70. The molecule has 1 aromatic heterocycles. The molecule has 0 spiro atoms. The lowest BCUT2D eigenvalue weighted by molar-refractivity contribution is 0.0952. The first-order valence-electron chi connectivity index (χ1n) is 6.32. The topological polar surface area (TPSA) is 72.9 Å². The highest BCUT2D eigenvalue weighted by atomic mass is 16.1. The Morgan fingerprint density at radius 2 is 2.15 bits per heavy atom. The van der Waals surface area contributed by atoms with Gasteiger partial charge in [0.05, 0.1) is 12.9 Å². The minimum absolute atomic E-state index is 0.0940. The van der Waals surface area contributed by atoms with Crippen molar-refractivity contribution in [2.75, 3.05) is 13.1 Å². The van der Waals surface area contributed by atoms with Crippen molar-refractivity contribution in [3.63, 3.8) is 0 Å². The van der Waals surface area contributed by atoms with E-state index in [1.807, 2.05) is 22.9 Å². The van der Waals surface area contributed by atoms with Crippen molar-refractivity contribution >= 4 is 5.91 Å². The number of rotatable bonds is 4. The third kappa shape index (κ3) is 3.97. The van der Waals surface area contributed by atoms with Crippen LogP contribution in [-0.2, 0) is 6.54 Å². The number of benzene rings is 1. The Morgan fingerprint density at radius 1 is 1.35 bits per heavy atom. The zero-order valence-corrected chi connectivity index (χ0v) is 11.0. The summed E-state index contributed by atoms with van der Waals surface area (Å²) in [6, 6.07) is 7.14. The summed E-state index contributed by atoms with van der Waals surface area (Å²) in [7, 11) is 0. The van der Waals surface area contributed by atoms with Gasteiger partial charge in [0.1, 0.15) is 0 Å². The molecule has 0 aliphatic heterocycles. The predicted octanol–water partition coefficient (Wildman–Crippen LogP) is 0.623. The molecule has 1 heterocycles. The summed E-state index contributed by atoms with van der Waals surface area (Å²) in [5, 5.41) is 2.86. The molecule has 0 bridgehead atoms. The molecular formula is C15H16N4O. The molecule has 2 aromatic rings. The molecule has 20 heavy (non-hydrogen) atoms. The summed E-state index contributed by atoms with van der Waals surface area (Å²) in [6.07, 6.45) is 5.29. The summed E-state index contributed by atoms with van der Waals surface area (Å²) in [4.78, 5) is 15.8. The summed E-state index contributed by atoms with van der Waals surface area (Å²) >= 11 is 0. The molecule has 5 nitrogen and oxygen atoms in total. The van der Waals surface area contributed by atoms with E-state index in [9.17, 15) is 4.79 Å². The molecule has 0 unspecified atom stereocenters. The highest BCUT2D eigenvalue weighted by Crippen LogP contribution is 2.03. The third-order valence-corrected chi connectivity index (χ3v) is 2.70. The molecule has 0 aliphatic rings. The first kappa shape index (κ1) is 13.8. The van der Waals surface area contributed by atoms with Gasteiger partial charge in [0.25, 0.3) is 5.91 Å². The van der Waals surface area contributed by atoms with Crippen molar-refractivity contribution in [1.29, 1.82) is 0 Å². The molecule has 0 saturated heterocycles. The summed E-state index contributed by atoms with van der Waals surface area (Å²) in [5.74, 6) is 5.59. The fourth-order valence-electron chi connectivity index (χ4n) is 1.68. The molecular weight excluding hydrogens is 252 g/mol. The van der Waals surface area contributed by atoms with Crippen LogP contribution in [0.3, 0.4) is 0 Å². The van der Waals surface area contributed by atoms with E-state index >= 15 is 0 Å². The van der Waals surface area contributed by atoms with Crippen LogP contribution in [0.1, 0.15) is 15.9 Å². The highest BCUT2D eigenvalue weighted by Gasteiger charge is 2.03. The maximum Gasteiger partial charge on any atom is 0.251 e. The molecule has 0 saturated carbocycles. The molecule has 1 aromatic carbocycles. The number of hydrogen-bond acceptors (Lipinski definition) is 3.